The lowest BCUT2D eigenvalue weighted by molar-refractivity contribution is -0.225. The third-order valence-electron chi connectivity index (χ3n) is 13.5. The highest BCUT2D eigenvalue weighted by molar-refractivity contribution is 7.92. The quantitative estimate of drug-likeness (QED) is 0.263. The maximum atomic E-state index is 15.7. The van der Waals surface area contributed by atoms with E-state index in [9.17, 15) is 14.4 Å². The van der Waals surface area contributed by atoms with Crippen molar-refractivity contribution in [2.45, 2.75) is 114 Å². The smallest absolute Gasteiger partial charge is 0.306 e. The van der Waals surface area contributed by atoms with Crippen LogP contribution in [-0.4, -0.2) is 49.9 Å². The van der Waals surface area contributed by atoms with Crippen LogP contribution in [0.25, 0.3) is 10.8 Å². The van der Waals surface area contributed by atoms with Gasteiger partial charge in [0.1, 0.15) is 23.6 Å². The second-order valence-corrected chi connectivity index (χ2v) is 17.8. The average Bonchev–Trinajstić information content (AvgIpc) is 3.37. The lowest BCUT2D eigenvalue weighted by Gasteiger charge is -2.66. The first kappa shape index (κ1) is 32.6. The Bertz CT molecular complexity index is 1700. The molecule has 0 amide bonds. The Morgan fingerprint density at radius 3 is 2.34 bits per heavy atom. The van der Waals surface area contributed by atoms with Gasteiger partial charge < -0.3 is 14.2 Å². The first-order valence-corrected chi connectivity index (χ1v) is 19.1. The number of benzene rings is 2. The molecule has 0 aromatic heterocycles. The molecule has 0 unspecified atom stereocenters. The molecule has 1 saturated heterocycles. The van der Waals surface area contributed by atoms with Gasteiger partial charge in [-0.3, -0.25) is 14.4 Å². The molecule has 7 rings (SSSR count). The zero-order chi connectivity index (χ0) is 33.5. The van der Waals surface area contributed by atoms with Gasteiger partial charge in [-0.15, -0.1) is 0 Å². The summed E-state index contributed by atoms with van der Waals surface area (Å²) in [6.45, 7) is 9.43. The molecule has 4 saturated carbocycles. The van der Waals surface area contributed by atoms with E-state index in [1.165, 1.54) is 13.8 Å². The fraction of sp³-hybridized carbons (Fsp3) is 0.658. The van der Waals surface area contributed by atoms with Crippen molar-refractivity contribution < 1.29 is 37.0 Å². The summed E-state index contributed by atoms with van der Waals surface area (Å²) in [4.78, 5) is 38.6. The van der Waals surface area contributed by atoms with Crippen molar-refractivity contribution >= 4 is 38.5 Å². The third-order valence-corrected chi connectivity index (χ3v) is 15.8. The van der Waals surface area contributed by atoms with Crippen LogP contribution >= 0.6 is 0 Å². The molecule has 5 aliphatic rings. The van der Waals surface area contributed by atoms with E-state index in [2.05, 4.69) is 20.8 Å². The molecule has 9 heteroatoms. The van der Waals surface area contributed by atoms with Crippen LogP contribution in [0.2, 0.25) is 0 Å². The van der Waals surface area contributed by atoms with E-state index >= 15 is 8.42 Å². The Hall–Kier alpha value is -2.94. The maximum absolute atomic E-state index is 15.7. The molecule has 2 aromatic carbocycles. The minimum absolute atomic E-state index is 0.0168. The summed E-state index contributed by atoms with van der Waals surface area (Å²) in [6.07, 6.45) is 3.60. The molecule has 12 atom stereocenters. The second-order valence-electron chi connectivity index (χ2n) is 15.8. The van der Waals surface area contributed by atoms with Gasteiger partial charge >= 0.3 is 17.9 Å². The Morgan fingerprint density at radius 1 is 0.894 bits per heavy atom. The highest BCUT2D eigenvalue weighted by atomic mass is 32.2. The molecule has 47 heavy (non-hydrogen) atoms. The number of hydrogen-bond donors (Lipinski definition) is 0. The molecule has 0 radical (unpaired) electrons. The Labute approximate surface area is 278 Å². The Morgan fingerprint density at radius 2 is 1.60 bits per heavy atom. The van der Waals surface area contributed by atoms with Crippen molar-refractivity contribution in [3.05, 3.63) is 42.5 Å². The van der Waals surface area contributed by atoms with Crippen LogP contribution in [0.5, 0.6) is 0 Å². The number of rotatable bonds is 4. The van der Waals surface area contributed by atoms with Gasteiger partial charge in [0.2, 0.25) is 0 Å². The summed E-state index contributed by atoms with van der Waals surface area (Å²) in [5.74, 6) is -1.37. The predicted octanol–water partition coefficient (Wildman–Crippen LogP) is 6.68. The summed E-state index contributed by atoms with van der Waals surface area (Å²) < 4.78 is 49.8. The molecule has 1 heterocycles. The molecule has 1 aliphatic heterocycles. The first-order valence-electron chi connectivity index (χ1n) is 17.5. The fourth-order valence-electron chi connectivity index (χ4n) is 11.7. The van der Waals surface area contributed by atoms with E-state index in [0.717, 1.165) is 18.2 Å². The lowest BCUT2D eigenvalue weighted by atomic mass is 9.42. The molecule has 5 fully saturated rings. The van der Waals surface area contributed by atoms with Gasteiger partial charge in [-0.05, 0) is 91.4 Å². The molecule has 0 N–H and O–H groups in total. The monoisotopic (exact) mass is 664 g/mol. The number of fused-ring (bicyclic) bond motifs is 5. The predicted molar refractivity (Wildman–Crippen MR) is 176 cm³/mol. The summed E-state index contributed by atoms with van der Waals surface area (Å²) in [7, 11) is -4.13. The largest absolute Gasteiger partial charge is 0.463 e. The van der Waals surface area contributed by atoms with Gasteiger partial charge in [0.15, 0.2) is 9.84 Å². The Kier molecular flexibility index (Phi) is 8.04. The van der Waals surface area contributed by atoms with E-state index in [1.807, 2.05) is 30.3 Å². The number of carbonyl (C=O) groups excluding carboxylic acids is 3. The van der Waals surface area contributed by atoms with Gasteiger partial charge in [-0.25, -0.2) is 8.42 Å². The van der Waals surface area contributed by atoms with Crippen molar-refractivity contribution in [3.63, 3.8) is 0 Å². The average molecular weight is 665 g/mol. The van der Waals surface area contributed by atoms with Crippen LogP contribution < -0.4 is 0 Å². The van der Waals surface area contributed by atoms with Crippen molar-refractivity contribution in [3.8, 4) is 0 Å². The molecule has 0 bridgehead atoms. The zero-order valence-corrected chi connectivity index (χ0v) is 29.0. The van der Waals surface area contributed by atoms with Crippen LogP contribution in [0.4, 0.5) is 0 Å². The maximum Gasteiger partial charge on any atom is 0.306 e. The first-order chi connectivity index (χ1) is 22.3. The minimum atomic E-state index is -4.13. The van der Waals surface area contributed by atoms with Crippen LogP contribution in [-0.2, 0) is 38.4 Å². The number of carbonyl (C=O) groups is 3. The molecule has 254 valence electrons. The number of sulfone groups is 1. The highest BCUT2D eigenvalue weighted by Gasteiger charge is 2.73. The molecule has 8 nitrogen and oxygen atoms in total. The van der Waals surface area contributed by atoms with Crippen LogP contribution in [0.1, 0.15) is 86.0 Å². The SMILES string of the molecule is CC(=O)O[C@@H]1CC[C@@]2(C)[C@@H](C1)C[C@@H](OC(C)=O)[C@@H]1[C@@H]2[C@@H](S(=O)(=O)c2cccc3ccccc23)[C@@H]2OC(=O)CC[C@@H](C)[C@H]3CC[C@@H]1[C@@]32C. The van der Waals surface area contributed by atoms with Gasteiger partial charge in [0.05, 0.1) is 4.90 Å². The van der Waals surface area contributed by atoms with E-state index < -0.39 is 44.0 Å². The van der Waals surface area contributed by atoms with Crippen LogP contribution in [0.15, 0.2) is 47.4 Å². The molecular weight excluding hydrogens is 616 g/mol. The normalized spacial score (nSPS) is 41.3. The zero-order valence-electron chi connectivity index (χ0n) is 28.1. The lowest BCUT2D eigenvalue weighted by Crippen LogP contribution is -2.70. The van der Waals surface area contributed by atoms with Crippen LogP contribution in [0, 0.1) is 46.3 Å². The minimum Gasteiger partial charge on any atom is -0.463 e. The number of ether oxygens (including phenoxy) is 3. The summed E-state index contributed by atoms with van der Waals surface area (Å²) in [5, 5.41) is 0.449. The van der Waals surface area contributed by atoms with E-state index in [1.54, 1.807) is 12.1 Å². The third kappa shape index (κ3) is 5.04. The Balaban J connectivity index is 1.48. The summed E-state index contributed by atoms with van der Waals surface area (Å²) in [5.41, 5.74) is -1.10. The number of hydrogen-bond acceptors (Lipinski definition) is 8. The second kappa shape index (κ2) is 11.6. The molecule has 0 spiro atoms. The van der Waals surface area contributed by atoms with E-state index in [4.69, 9.17) is 14.2 Å². The molecule has 4 aliphatic carbocycles. The van der Waals surface area contributed by atoms with Gasteiger partial charge in [0, 0.05) is 37.0 Å². The number of esters is 3. The van der Waals surface area contributed by atoms with Gasteiger partial charge in [0.25, 0.3) is 0 Å². The fourth-order valence-corrected chi connectivity index (χ4v) is 14.3. The summed E-state index contributed by atoms with van der Waals surface area (Å²) >= 11 is 0. The van der Waals surface area contributed by atoms with Crippen LogP contribution in [0.3, 0.4) is 0 Å². The molecular formula is C38H48O8S. The van der Waals surface area contributed by atoms with Gasteiger partial charge in [-0.1, -0.05) is 57.2 Å². The molecule has 2 aromatic rings. The summed E-state index contributed by atoms with van der Waals surface area (Å²) in [6, 6.07) is 13.0. The van der Waals surface area contributed by atoms with Crippen molar-refractivity contribution in [2.24, 2.45) is 46.3 Å². The van der Waals surface area contributed by atoms with E-state index in [0.29, 0.717) is 37.5 Å². The van der Waals surface area contributed by atoms with Gasteiger partial charge in [-0.2, -0.15) is 0 Å². The van der Waals surface area contributed by atoms with Crippen molar-refractivity contribution in [1.29, 1.82) is 0 Å². The van der Waals surface area contributed by atoms with Crippen molar-refractivity contribution in [1.82, 2.24) is 0 Å². The van der Waals surface area contributed by atoms with E-state index in [-0.39, 0.29) is 64.9 Å². The highest BCUT2D eigenvalue weighted by Crippen LogP contribution is 2.71. The van der Waals surface area contributed by atoms with Crippen molar-refractivity contribution in [2.75, 3.05) is 0 Å². The standard InChI is InChI=1S/C38H48O8S/c1-21-13-16-32(41)46-36-35(47(42,43)31-12-8-10-24-9-6-7-11-27(24)31)34-33(29-15-14-28(21)38(29,36)5)30(45-23(3)40)20-25-19-26(44-22(2)39)17-18-37(25,34)4/h6-12,21,25-26,28-30,33-36H,13-20H2,1-5H3/t21-,25+,26-,28-,29+,30-,33-,34-,35-,36+,37+,38-/m1/s1. The topological polar surface area (TPSA) is 113 Å².